The molecule has 0 saturated heterocycles. The quantitative estimate of drug-likeness (QED) is 0.646. The van der Waals surface area contributed by atoms with Crippen LogP contribution in [0.3, 0.4) is 0 Å². The van der Waals surface area contributed by atoms with E-state index in [1.807, 2.05) is 19.1 Å². The smallest absolute Gasteiger partial charge is 0.125 e. The second kappa shape index (κ2) is 3.67. The Morgan fingerprint density at radius 1 is 1.64 bits per heavy atom. The summed E-state index contributed by atoms with van der Waals surface area (Å²) in [5.41, 5.74) is 6.53. The predicted molar refractivity (Wildman–Crippen MR) is 45.0 cm³/mol. The molecule has 11 heavy (non-hydrogen) atoms. The number of rotatable bonds is 2. The summed E-state index contributed by atoms with van der Waals surface area (Å²) in [4.78, 5) is 0. The molecule has 1 rings (SSSR count). The Hall–Kier alpha value is -0.630. The van der Waals surface area contributed by atoms with E-state index in [4.69, 9.17) is 5.73 Å². The highest BCUT2D eigenvalue weighted by Crippen LogP contribution is 2.20. The molecule has 0 aromatic rings. The van der Waals surface area contributed by atoms with E-state index in [2.05, 4.69) is 0 Å². The van der Waals surface area contributed by atoms with Crippen LogP contribution in [0.2, 0.25) is 0 Å². The number of halogens is 1. The lowest BCUT2D eigenvalue weighted by molar-refractivity contribution is 0.332. The zero-order chi connectivity index (χ0) is 8.27. The highest BCUT2D eigenvalue weighted by atomic mass is 19.1. The van der Waals surface area contributed by atoms with E-state index in [1.165, 1.54) is 0 Å². The minimum Gasteiger partial charge on any atom is -0.330 e. The fraction of sp³-hybridized carbons (Fsp3) is 0.556. The predicted octanol–water partition coefficient (Wildman–Crippen LogP) is 1.81. The molecule has 0 saturated carbocycles. The van der Waals surface area contributed by atoms with Crippen LogP contribution >= 0.6 is 0 Å². The third-order valence-electron chi connectivity index (χ3n) is 1.91. The molecule has 0 aromatic carbocycles. The summed E-state index contributed by atoms with van der Waals surface area (Å²) >= 11 is 0. The van der Waals surface area contributed by atoms with Crippen molar-refractivity contribution in [3.8, 4) is 0 Å². The third-order valence-corrected chi connectivity index (χ3v) is 1.91. The average molecular weight is 155 g/mol. The molecule has 2 heteroatoms. The summed E-state index contributed by atoms with van der Waals surface area (Å²) in [5, 5.41) is 0. The normalized spacial score (nSPS) is 30.3. The fourth-order valence-corrected chi connectivity index (χ4v) is 1.21. The maximum absolute atomic E-state index is 12.8. The van der Waals surface area contributed by atoms with Crippen LogP contribution in [0.5, 0.6) is 0 Å². The lowest BCUT2D eigenvalue weighted by Crippen LogP contribution is -2.12. The van der Waals surface area contributed by atoms with Crippen LogP contribution in [0.15, 0.2) is 23.8 Å². The van der Waals surface area contributed by atoms with Crippen LogP contribution in [-0.2, 0) is 0 Å². The minimum atomic E-state index is -0.809. The Bertz CT molecular complexity index is 184. The van der Waals surface area contributed by atoms with Gasteiger partial charge in [-0.3, -0.25) is 0 Å². The van der Waals surface area contributed by atoms with E-state index in [1.54, 1.807) is 6.08 Å². The Labute approximate surface area is 66.8 Å². The zero-order valence-corrected chi connectivity index (χ0v) is 6.76. The Morgan fingerprint density at radius 3 is 2.91 bits per heavy atom. The molecule has 2 atom stereocenters. The van der Waals surface area contributed by atoms with Crippen molar-refractivity contribution in [1.29, 1.82) is 0 Å². The first-order chi connectivity index (χ1) is 5.24. The molecule has 0 radical (unpaired) electrons. The third kappa shape index (κ3) is 2.15. The summed E-state index contributed by atoms with van der Waals surface area (Å²) in [6, 6.07) is 0. The van der Waals surface area contributed by atoms with Crippen molar-refractivity contribution in [3.05, 3.63) is 23.8 Å². The molecule has 1 aliphatic rings. The first-order valence-electron chi connectivity index (χ1n) is 3.97. The van der Waals surface area contributed by atoms with Crippen molar-refractivity contribution in [2.75, 3.05) is 6.54 Å². The van der Waals surface area contributed by atoms with Crippen LogP contribution in [0.25, 0.3) is 0 Å². The molecular formula is C9H14FN. The largest absolute Gasteiger partial charge is 0.330 e. The summed E-state index contributed by atoms with van der Waals surface area (Å²) in [6.45, 7) is 2.52. The Balaban J connectivity index is 2.57. The van der Waals surface area contributed by atoms with Gasteiger partial charge in [-0.15, -0.1) is 0 Å². The SMILES string of the molecule is CC1C=C(CCN)C=CC1F. The molecule has 0 amide bonds. The van der Waals surface area contributed by atoms with Crippen molar-refractivity contribution in [2.24, 2.45) is 11.7 Å². The number of allylic oxidation sites excluding steroid dienone is 3. The van der Waals surface area contributed by atoms with Crippen LogP contribution in [0, 0.1) is 5.92 Å². The lowest BCUT2D eigenvalue weighted by atomic mass is 9.95. The summed E-state index contributed by atoms with van der Waals surface area (Å²) < 4.78 is 12.8. The second-order valence-electron chi connectivity index (χ2n) is 2.94. The van der Waals surface area contributed by atoms with Gasteiger partial charge >= 0.3 is 0 Å². The maximum atomic E-state index is 12.8. The standard InChI is InChI=1S/C9H14FN/c1-7-6-8(4-5-11)2-3-9(7)10/h2-3,6-7,9H,4-5,11H2,1H3. The van der Waals surface area contributed by atoms with E-state index >= 15 is 0 Å². The molecule has 2 N–H and O–H groups in total. The Morgan fingerprint density at radius 2 is 2.36 bits per heavy atom. The molecule has 0 spiro atoms. The molecule has 62 valence electrons. The maximum Gasteiger partial charge on any atom is 0.125 e. The number of alkyl halides is 1. The van der Waals surface area contributed by atoms with Gasteiger partial charge in [0, 0.05) is 5.92 Å². The second-order valence-corrected chi connectivity index (χ2v) is 2.94. The van der Waals surface area contributed by atoms with Gasteiger partial charge in [-0.2, -0.15) is 0 Å². The molecule has 0 bridgehead atoms. The van der Waals surface area contributed by atoms with Crippen molar-refractivity contribution >= 4 is 0 Å². The van der Waals surface area contributed by atoms with Crippen molar-refractivity contribution in [3.63, 3.8) is 0 Å². The van der Waals surface area contributed by atoms with Crippen molar-refractivity contribution in [2.45, 2.75) is 19.5 Å². The molecular weight excluding hydrogens is 141 g/mol. The Kier molecular flexibility index (Phi) is 2.83. The molecule has 1 nitrogen and oxygen atoms in total. The van der Waals surface area contributed by atoms with Gasteiger partial charge in [0.15, 0.2) is 0 Å². The van der Waals surface area contributed by atoms with E-state index in [0.29, 0.717) is 6.54 Å². The van der Waals surface area contributed by atoms with E-state index in [-0.39, 0.29) is 5.92 Å². The van der Waals surface area contributed by atoms with Crippen LogP contribution in [0.4, 0.5) is 4.39 Å². The highest BCUT2D eigenvalue weighted by molar-refractivity contribution is 5.26. The topological polar surface area (TPSA) is 26.0 Å². The van der Waals surface area contributed by atoms with E-state index in [0.717, 1.165) is 12.0 Å². The lowest BCUT2D eigenvalue weighted by Gasteiger charge is -2.15. The van der Waals surface area contributed by atoms with Gasteiger partial charge in [0.2, 0.25) is 0 Å². The first kappa shape index (κ1) is 8.47. The van der Waals surface area contributed by atoms with Gasteiger partial charge in [-0.25, -0.2) is 4.39 Å². The molecule has 0 aromatic heterocycles. The van der Waals surface area contributed by atoms with Gasteiger partial charge in [-0.1, -0.05) is 24.6 Å². The molecule has 2 unspecified atom stereocenters. The first-order valence-corrected chi connectivity index (χ1v) is 3.97. The summed E-state index contributed by atoms with van der Waals surface area (Å²) in [6.07, 6.45) is 5.44. The number of hydrogen-bond donors (Lipinski definition) is 1. The average Bonchev–Trinajstić information content (AvgIpc) is 1.98. The van der Waals surface area contributed by atoms with Gasteiger partial charge in [0.05, 0.1) is 0 Å². The van der Waals surface area contributed by atoms with Crippen LogP contribution in [-0.4, -0.2) is 12.7 Å². The summed E-state index contributed by atoms with van der Waals surface area (Å²) in [5.74, 6) is 0.0153. The fourth-order valence-electron chi connectivity index (χ4n) is 1.21. The molecule has 1 aliphatic carbocycles. The van der Waals surface area contributed by atoms with Gasteiger partial charge < -0.3 is 5.73 Å². The monoisotopic (exact) mass is 155 g/mol. The highest BCUT2D eigenvalue weighted by Gasteiger charge is 2.14. The molecule has 0 fully saturated rings. The van der Waals surface area contributed by atoms with Gasteiger partial charge in [-0.05, 0) is 19.0 Å². The minimum absolute atomic E-state index is 0.0153. The number of hydrogen-bond acceptors (Lipinski definition) is 1. The molecule has 0 aliphatic heterocycles. The zero-order valence-electron chi connectivity index (χ0n) is 6.76. The van der Waals surface area contributed by atoms with E-state index in [9.17, 15) is 4.39 Å². The van der Waals surface area contributed by atoms with Crippen LogP contribution in [0.1, 0.15) is 13.3 Å². The van der Waals surface area contributed by atoms with E-state index < -0.39 is 6.17 Å². The van der Waals surface area contributed by atoms with Crippen LogP contribution < -0.4 is 5.73 Å². The number of nitrogens with two attached hydrogens (primary N) is 1. The van der Waals surface area contributed by atoms with Gasteiger partial charge in [0.1, 0.15) is 6.17 Å². The van der Waals surface area contributed by atoms with Gasteiger partial charge in [0.25, 0.3) is 0 Å². The van der Waals surface area contributed by atoms with Crippen molar-refractivity contribution in [1.82, 2.24) is 0 Å². The molecule has 0 heterocycles. The van der Waals surface area contributed by atoms with Crippen molar-refractivity contribution < 1.29 is 4.39 Å². The summed E-state index contributed by atoms with van der Waals surface area (Å²) in [7, 11) is 0.